The first kappa shape index (κ1) is 21.5. The molecule has 0 atom stereocenters. The summed E-state index contributed by atoms with van der Waals surface area (Å²) in [5, 5.41) is 10.4. The van der Waals surface area contributed by atoms with Gasteiger partial charge in [0.05, 0.1) is 0 Å². The molecule has 7 heteroatoms. The van der Waals surface area contributed by atoms with Crippen LogP contribution in [0.3, 0.4) is 0 Å². The van der Waals surface area contributed by atoms with Crippen molar-refractivity contribution < 1.29 is 14.3 Å². The van der Waals surface area contributed by atoms with Crippen molar-refractivity contribution in [1.29, 1.82) is 0 Å². The zero-order chi connectivity index (χ0) is 19.9. The largest absolute Gasteiger partial charge is 0.501 e. The maximum atomic E-state index is 13.0. The number of carbonyl (C=O) groups is 1. The van der Waals surface area contributed by atoms with Gasteiger partial charge in [0, 0.05) is 18.4 Å². The Labute approximate surface area is 175 Å². The summed E-state index contributed by atoms with van der Waals surface area (Å²) in [4.78, 5) is 30.2. The number of ketones is 1. The summed E-state index contributed by atoms with van der Waals surface area (Å²) in [6.45, 7) is 2.67. The van der Waals surface area contributed by atoms with Crippen molar-refractivity contribution in [3.05, 3.63) is 57.5 Å². The van der Waals surface area contributed by atoms with E-state index in [1.165, 1.54) is 12.1 Å². The molecule has 5 rings (SSSR count). The fraction of sp³-hybridized carbons (Fsp3) is 0.500. The quantitative estimate of drug-likeness (QED) is 0.736. The Morgan fingerprint density at radius 2 is 1.93 bits per heavy atom. The first-order chi connectivity index (χ1) is 13.4. The van der Waals surface area contributed by atoms with Crippen LogP contribution in [0.25, 0.3) is 0 Å². The minimum atomic E-state index is -0.541. The van der Waals surface area contributed by atoms with Crippen LogP contribution in [-0.2, 0) is 18.4 Å². The summed E-state index contributed by atoms with van der Waals surface area (Å²) in [5.74, 6) is -0.122. The number of aryl methyl sites for hydroxylation is 1. The smallest absolute Gasteiger partial charge is 0.296 e. The fourth-order valence-electron chi connectivity index (χ4n) is 4.75. The Morgan fingerprint density at radius 1 is 1.28 bits per heavy atom. The molecule has 1 N–H and O–H groups in total. The molecule has 1 aliphatic carbocycles. The minimum absolute atomic E-state index is 0. The molecule has 0 spiro atoms. The summed E-state index contributed by atoms with van der Waals surface area (Å²) in [7, 11) is 0. The molecule has 1 aromatic carbocycles. The van der Waals surface area contributed by atoms with Crippen LogP contribution < -0.4 is 5.56 Å². The van der Waals surface area contributed by atoms with Gasteiger partial charge in [0.1, 0.15) is 11.6 Å². The Kier molecular flexibility index (Phi) is 6.13. The maximum absolute atomic E-state index is 13.0. The number of aromatic nitrogens is 2. The van der Waals surface area contributed by atoms with Gasteiger partial charge in [0.15, 0.2) is 11.5 Å². The summed E-state index contributed by atoms with van der Waals surface area (Å²) in [5.41, 5.74) is 0.0222. The van der Waals surface area contributed by atoms with Crippen molar-refractivity contribution in [2.45, 2.75) is 63.8 Å². The van der Waals surface area contributed by atoms with Gasteiger partial charge in [-0.2, -0.15) is 0 Å². The van der Waals surface area contributed by atoms with Crippen molar-refractivity contribution in [2.24, 2.45) is 5.92 Å². The number of fused-ring (bicyclic) bond motifs is 2. The molecule has 29 heavy (non-hydrogen) atoms. The lowest BCUT2D eigenvalue weighted by Crippen LogP contribution is -2.35. The van der Waals surface area contributed by atoms with Crippen LogP contribution in [0.1, 0.15) is 67.3 Å². The van der Waals surface area contributed by atoms with E-state index in [4.69, 9.17) is 0 Å². The topological polar surface area (TPSA) is 72.2 Å². The summed E-state index contributed by atoms with van der Waals surface area (Å²) >= 11 is 0. The molecule has 0 radical (unpaired) electrons. The van der Waals surface area contributed by atoms with Crippen LogP contribution >= 0.6 is 12.4 Å². The predicted octanol–water partition coefficient (Wildman–Crippen LogP) is 4.18. The van der Waals surface area contributed by atoms with Gasteiger partial charge in [-0.15, -0.1) is 12.4 Å². The number of nitrogens with zero attached hydrogens (tertiary/aromatic N) is 2. The normalized spacial score (nSPS) is 22.5. The lowest BCUT2D eigenvalue weighted by Gasteiger charge is -2.35. The average Bonchev–Trinajstić information content (AvgIpc) is 2.97. The molecule has 3 heterocycles. The summed E-state index contributed by atoms with van der Waals surface area (Å²) < 4.78 is 14.6. The van der Waals surface area contributed by atoms with E-state index >= 15 is 0 Å². The highest BCUT2D eigenvalue weighted by Gasteiger charge is 2.43. The van der Waals surface area contributed by atoms with Crippen LogP contribution in [0.4, 0.5) is 4.39 Å². The third-order valence-electron chi connectivity index (χ3n) is 6.62. The second-order valence-electron chi connectivity index (χ2n) is 8.18. The monoisotopic (exact) mass is 420 g/mol. The lowest BCUT2D eigenvalue weighted by molar-refractivity contribution is 0.0973. The maximum Gasteiger partial charge on any atom is 0.296 e. The third-order valence-corrected chi connectivity index (χ3v) is 6.62. The second-order valence-corrected chi connectivity index (χ2v) is 8.18. The zero-order valence-electron chi connectivity index (χ0n) is 16.5. The van der Waals surface area contributed by atoms with Crippen LogP contribution in [0, 0.1) is 11.7 Å². The van der Waals surface area contributed by atoms with Crippen LogP contribution in [0.2, 0.25) is 0 Å². The molecule has 1 aromatic heterocycles. The van der Waals surface area contributed by atoms with E-state index in [0.717, 1.165) is 37.7 Å². The molecule has 2 aromatic rings. The Balaban J connectivity index is 0.00000240. The number of halogens is 2. The fourth-order valence-corrected chi connectivity index (χ4v) is 4.75. The Hall–Kier alpha value is -2.21. The van der Waals surface area contributed by atoms with E-state index in [2.05, 4.69) is 11.9 Å². The Bertz CT molecular complexity index is 963. The highest BCUT2D eigenvalue weighted by Crippen LogP contribution is 2.46. The molecular weight excluding hydrogens is 395 g/mol. The highest BCUT2D eigenvalue weighted by atomic mass is 35.5. The third kappa shape index (κ3) is 3.82. The van der Waals surface area contributed by atoms with Gasteiger partial charge < -0.3 is 5.11 Å². The number of Topliss-reactive ketones (excluding diaryl/α,β-unsaturated/α-hetero) is 1. The molecule has 1 saturated carbocycles. The first-order valence-corrected chi connectivity index (χ1v) is 10.1. The number of hydrogen-bond donors (Lipinski definition) is 1. The van der Waals surface area contributed by atoms with Gasteiger partial charge in [-0.25, -0.2) is 9.37 Å². The molecule has 3 aliphatic rings. The Morgan fingerprint density at radius 3 is 2.55 bits per heavy atom. The van der Waals surface area contributed by atoms with Crippen molar-refractivity contribution in [3.8, 4) is 5.75 Å². The van der Waals surface area contributed by atoms with Gasteiger partial charge >= 0.3 is 0 Å². The molecule has 1 fully saturated rings. The number of carbonyl (C=O) groups excluding carboxylic acids is 1. The molecule has 2 bridgehead atoms. The number of rotatable bonds is 5. The van der Waals surface area contributed by atoms with Crippen molar-refractivity contribution in [1.82, 2.24) is 9.55 Å². The van der Waals surface area contributed by atoms with Crippen LogP contribution in [0.5, 0.6) is 5.75 Å². The zero-order valence-corrected chi connectivity index (χ0v) is 17.3. The molecule has 2 aliphatic heterocycles. The van der Waals surface area contributed by atoms with Crippen LogP contribution in [-0.4, -0.2) is 20.4 Å². The minimum Gasteiger partial charge on any atom is -0.501 e. The highest BCUT2D eigenvalue weighted by molar-refractivity contribution is 5.96. The molecular formula is C22H26ClFN2O3. The SMILES string of the molecule is CCC12CCC(CC1)Cn1c2nc(C(=O)CCc2ccc(F)cc2)c(O)c1=O.Cl. The van der Waals surface area contributed by atoms with Gasteiger partial charge in [0.25, 0.3) is 5.56 Å². The molecule has 0 saturated heterocycles. The second kappa shape index (κ2) is 8.27. The van der Waals surface area contributed by atoms with E-state index in [1.54, 1.807) is 16.7 Å². The van der Waals surface area contributed by atoms with E-state index < -0.39 is 11.3 Å². The molecule has 156 valence electrons. The number of aromatic hydroxyl groups is 1. The molecule has 5 nitrogen and oxygen atoms in total. The lowest BCUT2D eigenvalue weighted by atomic mass is 9.69. The average molecular weight is 421 g/mol. The van der Waals surface area contributed by atoms with Crippen molar-refractivity contribution >= 4 is 18.2 Å². The van der Waals surface area contributed by atoms with Gasteiger partial charge in [0.2, 0.25) is 5.75 Å². The predicted molar refractivity (Wildman–Crippen MR) is 110 cm³/mol. The summed E-state index contributed by atoms with van der Waals surface area (Å²) in [6.07, 6.45) is 5.40. The number of hydrogen-bond acceptors (Lipinski definition) is 4. The van der Waals surface area contributed by atoms with E-state index in [0.29, 0.717) is 24.7 Å². The van der Waals surface area contributed by atoms with E-state index in [9.17, 15) is 19.1 Å². The van der Waals surface area contributed by atoms with E-state index in [-0.39, 0.29) is 41.5 Å². The first-order valence-electron chi connectivity index (χ1n) is 10.1. The summed E-state index contributed by atoms with van der Waals surface area (Å²) in [6, 6.07) is 5.97. The molecule has 0 unspecified atom stereocenters. The van der Waals surface area contributed by atoms with E-state index in [1.807, 2.05) is 0 Å². The van der Waals surface area contributed by atoms with Gasteiger partial charge in [-0.1, -0.05) is 19.1 Å². The van der Waals surface area contributed by atoms with Gasteiger partial charge in [-0.05, 0) is 62.1 Å². The molecule has 0 amide bonds. The number of benzene rings is 1. The van der Waals surface area contributed by atoms with Crippen LogP contribution in [0.15, 0.2) is 29.1 Å². The van der Waals surface area contributed by atoms with Crippen molar-refractivity contribution in [3.63, 3.8) is 0 Å². The van der Waals surface area contributed by atoms with Crippen molar-refractivity contribution in [2.75, 3.05) is 0 Å². The standard InChI is InChI=1S/C22H25FN2O3.ClH/c1-2-22-11-9-15(10-12-22)13-25-20(28)19(27)18(24-21(22)25)17(26)8-5-14-3-6-16(23)7-4-14;/h3-4,6-7,15,27H,2,5,8-13H2,1H3;1H. The van der Waals surface area contributed by atoms with Gasteiger partial charge in [-0.3, -0.25) is 14.2 Å².